The predicted octanol–water partition coefficient (Wildman–Crippen LogP) is 6.22. The molecular formula is C22H35NO2. The third-order valence-corrected chi connectivity index (χ3v) is 5.34. The fourth-order valence-electron chi connectivity index (χ4n) is 3.78. The molecule has 2 rings (SSSR count). The quantitative estimate of drug-likeness (QED) is 0.315. The zero-order valence-electron chi connectivity index (χ0n) is 15.8. The predicted molar refractivity (Wildman–Crippen MR) is 102 cm³/mol. The van der Waals surface area contributed by atoms with Crippen LogP contribution in [0.2, 0.25) is 0 Å². The Balaban J connectivity index is 1.32. The summed E-state index contributed by atoms with van der Waals surface area (Å²) in [5.41, 5.74) is 0.948. The number of carbonyl (C=O) groups excluding carboxylic acids is 1. The van der Waals surface area contributed by atoms with Crippen molar-refractivity contribution in [2.75, 3.05) is 0 Å². The Morgan fingerprint density at radius 1 is 1.00 bits per heavy atom. The van der Waals surface area contributed by atoms with E-state index in [1.54, 1.807) is 12.4 Å². The molecule has 0 unspecified atom stereocenters. The van der Waals surface area contributed by atoms with E-state index in [2.05, 4.69) is 4.98 Å². The van der Waals surface area contributed by atoms with E-state index in [-0.39, 0.29) is 5.97 Å². The summed E-state index contributed by atoms with van der Waals surface area (Å²) in [6.45, 7) is 0.341. The van der Waals surface area contributed by atoms with Crippen LogP contribution in [0.4, 0.5) is 0 Å². The standard InChI is InChI=1S/C22H35NO2/c24-22(25-19-21-15-11-17-23-18-21)16-8-6-4-2-1-3-5-7-12-20-13-9-10-14-20/h11,15,17-18,20H,1-10,12-14,16,19H2. The van der Waals surface area contributed by atoms with Crippen molar-refractivity contribution in [2.45, 2.75) is 96.5 Å². The SMILES string of the molecule is O=C(CCCCCCCCCCC1CCCC1)OCc1cccnc1. The Morgan fingerprint density at radius 2 is 1.68 bits per heavy atom. The minimum Gasteiger partial charge on any atom is -0.461 e. The number of hydrogen-bond donors (Lipinski definition) is 0. The number of esters is 1. The van der Waals surface area contributed by atoms with Crippen LogP contribution in [0.3, 0.4) is 0 Å². The maximum atomic E-state index is 11.7. The Bertz CT molecular complexity index is 454. The minimum atomic E-state index is -0.0873. The summed E-state index contributed by atoms with van der Waals surface area (Å²) < 4.78 is 5.26. The number of hydrogen-bond acceptors (Lipinski definition) is 3. The van der Waals surface area contributed by atoms with E-state index in [0.29, 0.717) is 13.0 Å². The molecule has 0 amide bonds. The number of rotatable bonds is 13. The van der Waals surface area contributed by atoms with Gasteiger partial charge in [0.25, 0.3) is 0 Å². The van der Waals surface area contributed by atoms with Crippen molar-refractivity contribution < 1.29 is 9.53 Å². The fraction of sp³-hybridized carbons (Fsp3) is 0.727. The van der Waals surface area contributed by atoms with E-state index in [9.17, 15) is 4.79 Å². The van der Waals surface area contributed by atoms with E-state index in [0.717, 1.165) is 24.3 Å². The second kappa shape index (κ2) is 12.9. The molecule has 1 saturated carbocycles. The van der Waals surface area contributed by atoms with Crippen molar-refractivity contribution in [1.29, 1.82) is 0 Å². The Morgan fingerprint density at radius 3 is 2.36 bits per heavy atom. The molecule has 25 heavy (non-hydrogen) atoms. The first-order chi connectivity index (χ1) is 12.3. The second-order valence-electron chi connectivity index (χ2n) is 7.54. The summed E-state index contributed by atoms with van der Waals surface area (Å²) in [6, 6.07) is 3.78. The van der Waals surface area contributed by atoms with Gasteiger partial charge < -0.3 is 4.74 Å². The van der Waals surface area contributed by atoms with Crippen LogP contribution in [-0.2, 0) is 16.1 Å². The number of carbonyl (C=O) groups is 1. The highest BCUT2D eigenvalue weighted by atomic mass is 16.5. The summed E-state index contributed by atoms with van der Waals surface area (Å²) in [5, 5.41) is 0. The monoisotopic (exact) mass is 345 g/mol. The number of ether oxygens (including phenoxy) is 1. The summed E-state index contributed by atoms with van der Waals surface area (Å²) >= 11 is 0. The first kappa shape index (κ1) is 19.9. The lowest BCUT2D eigenvalue weighted by atomic mass is 9.99. The molecule has 0 atom stereocenters. The lowest BCUT2D eigenvalue weighted by Gasteiger charge is -2.08. The van der Waals surface area contributed by atoms with Crippen LogP contribution in [0, 0.1) is 5.92 Å². The molecule has 1 aliphatic carbocycles. The van der Waals surface area contributed by atoms with Gasteiger partial charge in [-0.25, -0.2) is 0 Å². The number of pyridine rings is 1. The van der Waals surface area contributed by atoms with Crippen LogP contribution in [0.5, 0.6) is 0 Å². The second-order valence-corrected chi connectivity index (χ2v) is 7.54. The molecule has 0 saturated heterocycles. The number of unbranched alkanes of at least 4 members (excludes halogenated alkanes) is 7. The third kappa shape index (κ3) is 9.62. The van der Waals surface area contributed by atoms with Crippen molar-refractivity contribution in [1.82, 2.24) is 4.98 Å². The highest BCUT2D eigenvalue weighted by Crippen LogP contribution is 2.29. The molecule has 0 bridgehead atoms. The van der Waals surface area contributed by atoms with Gasteiger partial charge in [0.2, 0.25) is 0 Å². The van der Waals surface area contributed by atoms with Gasteiger partial charge in [0.1, 0.15) is 6.61 Å². The van der Waals surface area contributed by atoms with Gasteiger partial charge in [-0.2, -0.15) is 0 Å². The van der Waals surface area contributed by atoms with Crippen molar-refractivity contribution in [2.24, 2.45) is 5.92 Å². The molecule has 1 aromatic rings. The van der Waals surface area contributed by atoms with Crippen LogP contribution in [0.1, 0.15) is 95.5 Å². The van der Waals surface area contributed by atoms with Gasteiger partial charge in [0.05, 0.1) is 0 Å². The average molecular weight is 346 g/mol. The molecule has 3 nitrogen and oxygen atoms in total. The molecule has 0 N–H and O–H groups in total. The molecule has 3 heteroatoms. The third-order valence-electron chi connectivity index (χ3n) is 5.34. The Hall–Kier alpha value is -1.38. The van der Waals surface area contributed by atoms with Crippen LogP contribution in [-0.4, -0.2) is 11.0 Å². The largest absolute Gasteiger partial charge is 0.461 e. The Labute approximate surface area is 153 Å². The molecule has 0 spiro atoms. The molecule has 0 aliphatic heterocycles. The van der Waals surface area contributed by atoms with Crippen molar-refractivity contribution in [3.05, 3.63) is 30.1 Å². The minimum absolute atomic E-state index is 0.0873. The maximum Gasteiger partial charge on any atom is 0.306 e. The van der Waals surface area contributed by atoms with Gasteiger partial charge in [-0.3, -0.25) is 9.78 Å². The molecule has 0 aromatic carbocycles. The summed E-state index contributed by atoms with van der Waals surface area (Å²) in [4.78, 5) is 15.7. The molecule has 0 radical (unpaired) electrons. The summed E-state index contributed by atoms with van der Waals surface area (Å²) in [7, 11) is 0. The zero-order chi connectivity index (χ0) is 17.6. The van der Waals surface area contributed by atoms with Crippen LogP contribution < -0.4 is 0 Å². The van der Waals surface area contributed by atoms with Gasteiger partial charge in [-0.05, 0) is 18.4 Å². The average Bonchev–Trinajstić information content (AvgIpc) is 3.16. The molecule has 1 fully saturated rings. The van der Waals surface area contributed by atoms with E-state index < -0.39 is 0 Å². The highest BCUT2D eigenvalue weighted by molar-refractivity contribution is 5.69. The molecule has 1 heterocycles. The van der Waals surface area contributed by atoms with E-state index in [4.69, 9.17) is 4.74 Å². The van der Waals surface area contributed by atoms with Crippen LogP contribution in [0.25, 0.3) is 0 Å². The highest BCUT2D eigenvalue weighted by Gasteiger charge is 2.13. The number of nitrogens with zero attached hydrogens (tertiary/aromatic N) is 1. The molecular weight excluding hydrogens is 310 g/mol. The lowest BCUT2D eigenvalue weighted by molar-refractivity contribution is -0.145. The normalized spacial score (nSPS) is 14.7. The Kier molecular flexibility index (Phi) is 10.3. The topological polar surface area (TPSA) is 39.2 Å². The zero-order valence-corrected chi connectivity index (χ0v) is 15.8. The number of aromatic nitrogens is 1. The van der Waals surface area contributed by atoms with E-state index in [1.807, 2.05) is 12.1 Å². The maximum absolute atomic E-state index is 11.7. The van der Waals surface area contributed by atoms with Crippen LogP contribution >= 0.6 is 0 Å². The van der Waals surface area contributed by atoms with E-state index >= 15 is 0 Å². The van der Waals surface area contributed by atoms with Crippen LogP contribution in [0.15, 0.2) is 24.5 Å². The molecule has 1 aliphatic rings. The lowest BCUT2D eigenvalue weighted by Crippen LogP contribution is -2.04. The first-order valence-electron chi connectivity index (χ1n) is 10.4. The van der Waals surface area contributed by atoms with Gasteiger partial charge in [0, 0.05) is 24.4 Å². The van der Waals surface area contributed by atoms with Gasteiger partial charge in [0.15, 0.2) is 0 Å². The van der Waals surface area contributed by atoms with Gasteiger partial charge in [-0.15, -0.1) is 0 Å². The summed E-state index contributed by atoms with van der Waals surface area (Å²) in [6.07, 6.45) is 21.7. The fourth-order valence-corrected chi connectivity index (χ4v) is 3.78. The van der Waals surface area contributed by atoms with Crippen molar-refractivity contribution in [3.8, 4) is 0 Å². The van der Waals surface area contributed by atoms with Gasteiger partial charge in [-0.1, -0.05) is 83.1 Å². The molecule has 1 aromatic heterocycles. The van der Waals surface area contributed by atoms with Crippen molar-refractivity contribution >= 4 is 5.97 Å². The first-order valence-corrected chi connectivity index (χ1v) is 10.4. The van der Waals surface area contributed by atoms with E-state index in [1.165, 1.54) is 70.6 Å². The summed E-state index contributed by atoms with van der Waals surface area (Å²) in [5.74, 6) is 0.966. The van der Waals surface area contributed by atoms with Gasteiger partial charge >= 0.3 is 5.97 Å². The smallest absolute Gasteiger partial charge is 0.306 e. The van der Waals surface area contributed by atoms with Crippen molar-refractivity contribution in [3.63, 3.8) is 0 Å². The molecule has 140 valence electrons.